The van der Waals surface area contributed by atoms with Crippen molar-refractivity contribution in [3.05, 3.63) is 24.8 Å². The minimum atomic E-state index is -0.0878. The van der Waals surface area contributed by atoms with Gasteiger partial charge in [0.1, 0.15) is 0 Å². The molecule has 0 aromatic heterocycles. The van der Waals surface area contributed by atoms with Crippen LogP contribution in [0.3, 0.4) is 0 Å². The number of carbonyl (C=O) groups is 1. The van der Waals surface area contributed by atoms with Crippen molar-refractivity contribution >= 4 is 5.97 Å². The molecule has 0 fully saturated rings. The van der Waals surface area contributed by atoms with Crippen LogP contribution in [0, 0.1) is 0 Å². The molecule has 13 heavy (non-hydrogen) atoms. The molecule has 0 rings (SSSR count). The fraction of sp³-hybridized carbons (Fsp3) is 0.545. The Morgan fingerprint density at radius 3 is 2.85 bits per heavy atom. The first kappa shape index (κ1) is 11.9. The van der Waals surface area contributed by atoms with E-state index in [-0.39, 0.29) is 5.97 Å². The first-order chi connectivity index (χ1) is 6.31. The largest absolute Gasteiger partial charge is 0.466 e. The zero-order chi connectivity index (χ0) is 9.94. The highest BCUT2D eigenvalue weighted by Crippen LogP contribution is 2.02. The molecule has 0 N–H and O–H groups in total. The third-order valence-corrected chi connectivity index (χ3v) is 1.58. The van der Waals surface area contributed by atoms with Gasteiger partial charge in [-0.2, -0.15) is 0 Å². The van der Waals surface area contributed by atoms with Gasteiger partial charge in [-0.3, -0.25) is 4.79 Å². The molecular weight excluding hydrogens is 164 g/mol. The van der Waals surface area contributed by atoms with Gasteiger partial charge < -0.3 is 4.74 Å². The number of carbonyl (C=O) groups excluding carboxylic acids is 1. The van der Waals surface area contributed by atoms with Gasteiger partial charge in [0.15, 0.2) is 0 Å². The Morgan fingerprint density at radius 2 is 2.23 bits per heavy atom. The van der Waals surface area contributed by atoms with Crippen LogP contribution in [-0.2, 0) is 9.53 Å². The summed E-state index contributed by atoms with van der Waals surface area (Å²) in [5.41, 5.74) is 0. The number of rotatable bonds is 7. The Labute approximate surface area is 80.3 Å². The van der Waals surface area contributed by atoms with Gasteiger partial charge in [0.05, 0.1) is 6.61 Å². The molecule has 0 heterocycles. The molecule has 0 spiro atoms. The molecule has 0 saturated carbocycles. The molecule has 0 aromatic carbocycles. The lowest BCUT2D eigenvalue weighted by Crippen LogP contribution is -2.02. The number of hydrogen-bond donors (Lipinski definition) is 0. The Hall–Kier alpha value is -1.05. The molecule has 0 aromatic rings. The van der Waals surface area contributed by atoms with Crippen molar-refractivity contribution in [1.29, 1.82) is 0 Å². The summed E-state index contributed by atoms with van der Waals surface area (Å²) in [6.45, 7) is 5.88. The highest BCUT2D eigenvalue weighted by molar-refractivity contribution is 5.69. The maximum Gasteiger partial charge on any atom is 0.305 e. The molecule has 2 heteroatoms. The molecule has 0 aliphatic rings. The van der Waals surface area contributed by atoms with E-state index in [1.807, 2.05) is 13.0 Å². The fourth-order valence-electron chi connectivity index (χ4n) is 0.957. The number of ether oxygens (including phenoxy) is 1. The molecule has 0 atom stereocenters. The van der Waals surface area contributed by atoms with Crippen LogP contribution in [0.4, 0.5) is 0 Å². The first-order valence-corrected chi connectivity index (χ1v) is 4.74. The predicted octanol–water partition coefficient (Wildman–Crippen LogP) is 2.85. The zero-order valence-corrected chi connectivity index (χ0v) is 8.29. The molecule has 0 aliphatic carbocycles. The van der Waals surface area contributed by atoms with Crippen molar-refractivity contribution in [3.63, 3.8) is 0 Å². The van der Waals surface area contributed by atoms with Gasteiger partial charge in [-0.05, 0) is 26.2 Å². The van der Waals surface area contributed by atoms with Crippen LogP contribution < -0.4 is 0 Å². The van der Waals surface area contributed by atoms with Crippen LogP contribution in [0.25, 0.3) is 0 Å². The van der Waals surface area contributed by atoms with Crippen LogP contribution in [0.5, 0.6) is 0 Å². The topological polar surface area (TPSA) is 26.3 Å². The van der Waals surface area contributed by atoms with Crippen LogP contribution >= 0.6 is 0 Å². The predicted molar refractivity (Wildman–Crippen MR) is 54.4 cm³/mol. The van der Waals surface area contributed by atoms with Crippen LogP contribution in [0.1, 0.15) is 32.6 Å². The van der Waals surface area contributed by atoms with E-state index >= 15 is 0 Å². The van der Waals surface area contributed by atoms with Crippen LogP contribution in [-0.4, -0.2) is 12.6 Å². The Bertz CT molecular complexity index is 171. The molecule has 74 valence electrons. The van der Waals surface area contributed by atoms with E-state index in [0.717, 1.165) is 19.3 Å². The van der Waals surface area contributed by atoms with E-state index in [9.17, 15) is 4.79 Å². The van der Waals surface area contributed by atoms with E-state index in [2.05, 4.69) is 12.7 Å². The van der Waals surface area contributed by atoms with Crippen molar-refractivity contribution in [3.8, 4) is 0 Å². The normalized spacial score (nSPS) is 10.2. The van der Waals surface area contributed by atoms with Gasteiger partial charge >= 0.3 is 5.97 Å². The van der Waals surface area contributed by atoms with Crippen molar-refractivity contribution < 1.29 is 9.53 Å². The van der Waals surface area contributed by atoms with Gasteiger partial charge in [-0.15, -0.1) is 0 Å². The second-order valence-electron chi connectivity index (χ2n) is 2.71. The van der Waals surface area contributed by atoms with Crippen LogP contribution in [0.2, 0.25) is 0 Å². The Kier molecular flexibility index (Phi) is 8.31. The molecule has 0 saturated heterocycles. The van der Waals surface area contributed by atoms with Gasteiger partial charge in [-0.25, -0.2) is 0 Å². The minimum Gasteiger partial charge on any atom is -0.466 e. The second kappa shape index (κ2) is 9.04. The molecule has 2 nitrogen and oxygen atoms in total. The third-order valence-electron chi connectivity index (χ3n) is 1.58. The van der Waals surface area contributed by atoms with Crippen molar-refractivity contribution in [2.75, 3.05) is 6.61 Å². The average Bonchev–Trinajstić information content (AvgIpc) is 2.11. The first-order valence-electron chi connectivity index (χ1n) is 4.74. The fourth-order valence-corrected chi connectivity index (χ4v) is 0.957. The Morgan fingerprint density at radius 1 is 1.46 bits per heavy atom. The summed E-state index contributed by atoms with van der Waals surface area (Å²) in [7, 11) is 0. The summed E-state index contributed by atoms with van der Waals surface area (Å²) in [5, 5.41) is 0. The van der Waals surface area contributed by atoms with E-state index in [1.54, 1.807) is 6.08 Å². The average molecular weight is 182 g/mol. The van der Waals surface area contributed by atoms with Gasteiger partial charge in [0.25, 0.3) is 0 Å². The number of hydrogen-bond acceptors (Lipinski definition) is 2. The van der Waals surface area contributed by atoms with Crippen LogP contribution in [0.15, 0.2) is 24.8 Å². The smallest absolute Gasteiger partial charge is 0.305 e. The summed E-state index contributed by atoms with van der Waals surface area (Å²) >= 11 is 0. The van der Waals surface area contributed by atoms with E-state index in [1.165, 1.54) is 0 Å². The zero-order valence-electron chi connectivity index (χ0n) is 8.29. The SMILES string of the molecule is C=C/C=C\CCCCC(=O)OCC. The van der Waals surface area contributed by atoms with Crippen molar-refractivity contribution in [2.24, 2.45) is 0 Å². The summed E-state index contributed by atoms with van der Waals surface area (Å²) in [6.07, 6.45) is 9.21. The second-order valence-corrected chi connectivity index (χ2v) is 2.71. The summed E-state index contributed by atoms with van der Waals surface area (Å²) in [5.74, 6) is -0.0878. The minimum absolute atomic E-state index is 0.0878. The van der Waals surface area contributed by atoms with Crippen molar-refractivity contribution in [1.82, 2.24) is 0 Å². The third kappa shape index (κ3) is 8.86. The molecule has 0 amide bonds. The number of esters is 1. The highest BCUT2D eigenvalue weighted by atomic mass is 16.5. The lowest BCUT2D eigenvalue weighted by molar-refractivity contribution is -0.143. The van der Waals surface area contributed by atoms with Gasteiger partial charge in [0.2, 0.25) is 0 Å². The van der Waals surface area contributed by atoms with Gasteiger partial charge in [0, 0.05) is 6.42 Å². The van der Waals surface area contributed by atoms with E-state index < -0.39 is 0 Å². The maximum absolute atomic E-state index is 10.9. The Balaban J connectivity index is 3.20. The standard InChI is InChI=1S/C11H18O2/c1-3-5-6-7-8-9-10-11(12)13-4-2/h3,5-6H,1,4,7-10H2,2H3/b6-5-. The summed E-state index contributed by atoms with van der Waals surface area (Å²) in [4.78, 5) is 10.9. The lowest BCUT2D eigenvalue weighted by Gasteiger charge is -1.99. The van der Waals surface area contributed by atoms with E-state index in [0.29, 0.717) is 13.0 Å². The monoisotopic (exact) mass is 182 g/mol. The quantitative estimate of drug-likeness (QED) is 0.344. The van der Waals surface area contributed by atoms with Crippen molar-refractivity contribution in [2.45, 2.75) is 32.6 Å². The summed E-state index contributed by atoms with van der Waals surface area (Å²) < 4.78 is 4.80. The highest BCUT2D eigenvalue weighted by Gasteiger charge is 1.99. The number of allylic oxidation sites excluding steroid dienone is 3. The number of unbranched alkanes of at least 4 members (excludes halogenated alkanes) is 2. The van der Waals surface area contributed by atoms with E-state index in [4.69, 9.17) is 4.74 Å². The molecular formula is C11H18O2. The lowest BCUT2D eigenvalue weighted by atomic mass is 10.2. The van der Waals surface area contributed by atoms with Gasteiger partial charge in [-0.1, -0.05) is 24.8 Å². The molecule has 0 aliphatic heterocycles. The molecule has 0 unspecified atom stereocenters. The molecule has 0 bridgehead atoms. The maximum atomic E-state index is 10.9. The molecule has 0 radical (unpaired) electrons. The summed E-state index contributed by atoms with van der Waals surface area (Å²) in [6, 6.07) is 0.